The van der Waals surface area contributed by atoms with Crippen LogP contribution in [-0.2, 0) is 20.0 Å². The van der Waals surface area contributed by atoms with Gasteiger partial charge in [-0.2, -0.15) is 0 Å². The molecule has 14 nitrogen and oxygen atoms in total. The van der Waals surface area contributed by atoms with Crippen LogP contribution < -0.4 is 11.5 Å². The molecule has 0 fully saturated rings. The van der Waals surface area contributed by atoms with Crippen LogP contribution in [0.3, 0.4) is 0 Å². The van der Waals surface area contributed by atoms with E-state index < -0.39 is 93.1 Å². The summed E-state index contributed by atoms with van der Waals surface area (Å²) in [5.74, 6) is -10.6. The van der Waals surface area contributed by atoms with Gasteiger partial charge in [0.2, 0.25) is 5.78 Å². The number of ketones is 2. The van der Waals surface area contributed by atoms with Crippen molar-refractivity contribution in [1.82, 2.24) is 4.90 Å². The summed E-state index contributed by atoms with van der Waals surface area (Å²) in [7, 11) is 2.85. The maximum absolute atomic E-state index is 13.3. The Morgan fingerprint density at radius 3 is 2.07 bits per heavy atom. The molecule has 3 aliphatic carbocycles. The maximum Gasteiger partial charge on any atom is 0.320 e. The Bertz CT molecular complexity index is 1380. The standard InChI is InChI=1S/C22H24N2O9.C5H11NO2/c1-21(32)7-5-4-6-8(25)9(7)15(26)10-12(21)17(28)13-14(24(2)3)16(27)11(20(23)31)19(30)22(13,33)18(10)29;1-3(2)4(6)5(7)8/h4-6,12-14,17,25,27-29,32-33H,1-3H3,(H2,23,31);3-4H,6H2,1-2H3,(H,7,8)/t12-,13-,14+,17+,21-,22+;4-/m10/s1. The Morgan fingerprint density at radius 2 is 1.63 bits per heavy atom. The number of aliphatic hydroxyl groups excluding tert-OH is 3. The molecule has 3 aliphatic rings. The van der Waals surface area contributed by atoms with E-state index in [-0.39, 0.29) is 17.0 Å². The molecule has 0 saturated carbocycles. The Labute approximate surface area is 234 Å². The lowest BCUT2D eigenvalue weighted by Crippen LogP contribution is -2.70. The molecule has 1 aromatic carbocycles. The highest BCUT2D eigenvalue weighted by Gasteiger charge is 2.69. The van der Waals surface area contributed by atoms with Crippen molar-refractivity contribution in [2.24, 2.45) is 29.2 Å². The van der Waals surface area contributed by atoms with E-state index in [4.69, 9.17) is 16.6 Å². The number of phenols is 1. The van der Waals surface area contributed by atoms with Crippen molar-refractivity contribution in [2.45, 2.75) is 50.2 Å². The number of carbonyl (C=O) groups excluding carboxylic acids is 3. The number of aliphatic hydroxyl groups is 5. The maximum atomic E-state index is 13.3. The number of nitrogens with zero attached hydrogens (tertiary/aromatic N) is 1. The quantitative estimate of drug-likeness (QED) is 0.191. The molecule has 14 heteroatoms. The van der Waals surface area contributed by atoms with Gasteiger partial charge in [0.1, 0.15) is 28.9 Å². The molecule has 0 aromatic heterocycles. The van der Waals surface area contributed by atoms with Crippen molar-refractivity contribution in [3.8, 4) is 5.75 Å². The molecule has 11 N–H and O–H groups in total. The molecule has 1 aromatic rings. The highest BCUT2D eigenvalue weighted by atomic mass is 16.4. The van der Waals surface area contributed by atoms with Crippen LogP contribution in [0.15, 0.2) is 40.9 Å². The van der Waals surface area contributed by atoms with Gasteiger partial charge in [-0.05, 0) is 38.6 Å². The molecular formula is C27H35N3O11. The lowest BCUT2D eigenvalue weighted by molar-refractivity contribution is -0.173. The molecule has 0 spiro atoms. The molecule has 0 saturated heterocycles. The Kier molecular flexibility index (Phi) is 8.15. The van der Waals surface area contributed by atoms with Crippen LogP contribution in [0.1, 0.15) is 36.7 Å². The average molecular weight is 578 g/mol. The van der Waals surface area contributed by atoms with E-state index in [1.165, 1.54) is 44.1 Å². The number of phenolic OH excluding ortho intramolecular Hbond substituents is 1. The summed E-state index contributed by atoms with van der Waals surface area (Å²) < 4.78 is 0. The number of rotatable bonds is 4. The minimum absolute atomic E-state index is 0.0208. The van der Waals surface area contributed by atoms with E-state index in [1.54, 1.807) is 13.8 Å². The number of aromatic hydroxyl groups is 1. The highest BCUT2D eigenvalue weighted by Crippen LogP contribution is 2.56. The number of hydrogen-bond acceptors (Lipinski definition) is 12. The van der Waals surface area contributed by atoms with Gasteiger partial charge in [-0.25, -0.2) is 0 Å². The second kappa shape index (κ2) is 10.5. The summed E-state index contributed by atoms with van der Waals surface area (Å²) >= 11 is 0. The first-order chi connectivity index (χ1) is 18.8. The van der Waals surface area contributed by atoms with Crippen molar-refractivity contribution in [3.63, 3.8) is 0 Å². The monoisotopic (exact) mass is 577 g/mol. The largest absolute Gasteiger partial charge is 0.510 e. The minimum Gasteiger partial charge on any atom is -0.510 e. The summed E-state index contributed by atoms with van der Waals surface area (Å²) in [5, 5.41) is 74.7. The number of Topliss-reactive ketones (excluding diaryl/α,β-unsaturated/α-hetero) is 2. The van der Waals surface area contributed by atoms with Gasteiger partial charge in [-0.15, -0.1) is 0 Å². The van der Waals surface area contributed by atoms with Gasteiger partial charge in [0.15, 0.2) is 11.4 Å². The zero-order chi connectivity index (χ0) is 31.5. The normalized spacial score (nSPS) is 31.7. The fourth-order valence-corrected chi connectivity index (χ4v) is 5.89. The predicted octanol–water partition coefficient (Wildman–Crippen LogP) is -1.19. The minimum atomic E-state index is -3.02. The SMILES string of the molecule is CC(C)[C@H](N)C(=O)O.CN(C)[C@@H]1C(O)=C(C(N)=O)C(=O)[C@@]2(O)C(O)=C3C(=O)c4c(O)cccc4[C@@](C)(O)[C@H]3[C@H](O)[C@@H]12. The van der Waals surface area contributed by atoms with Gasteiger partial charge in [0, 0.05) is 0 Å². The van der Waals surface area contributed by atoms with E-state index in [0.717, 1.165) is 0 Å². The number of benzene rings is 1. The smallest absolute Gasteiger partial charge is 0.320 e. The summed E-state index contributed by atoms with van der Waals surface area (Å²) in [6, 6.07) is 1.82. The van der Waals surface area contributed by atoms with Crippen LogP contribution in [0.4, 0.5) is 0 Å². The highest BCUT2D eigenvalue weighted by molar-refractivity contribution is 6.25. The third-order valence-electron chi connectivity index (χ3n) is 8.04. The molecule has 0 aliphatic heterocycles. The topological polar surface area (TPSA) is 265 Å². The van der Waals surface area contributed by atoms with Crippen molar-refractivity contribution in [3.05, 3.63) is 52.0 Å². The summed E-state index contributed by atoms with van der Waals surface area (Å²) in [5.41, 5.74) is 3.28. The first-order valence-corrected chi connectivity index (χ1v) is 12.6. The molecule has 0 heterocycles. The van der Waals surface area contributed by atoms with E-state index in [2.05, 4.69) is 0 Å². The van der Waals surface area contributed by atoms with Gasteiger partial charge in [-0.3, -0.25) is 24.1 Å². The summed E-state index contributed by atoms with van der Waals surface area (Å²) in [6.45, 7) is 4.81. The number of amides is 1. The zero-order valence-corrected chi connectivity index (χ0v) is 23.1. The molecule has 0 unspecified atom stereocenters. The first-order valence-electron chi connectivity index (χ1n) is 12.6. The zero-order valence-electron chi connectivity index (χ0n) is 23.1. The van der Waals surface area contributed by atoms with Crippen molar-refractivity contribution < 1.29 is 54.9 Å². The van der Waals surface area contributed by atoms with Crippen molar-refractivity contribution in [2.75, 3.05) is 14.1 Å². The molecule has 1 amide bonds. The van der Waals surface area contributed by atoms with E-state index in [9.17, 15) is 49.8 Å². The molecule has 7 atom stereocenters. The Hall–Kier alpha value is -3.82. The lowest BCUT2D eigenvalue weighted by atomic mass is 9.54. The second-order valence-corrected chi connectivity index (χ2v) is 11.2. The number of carboxylic acids is 1. The fourth-order valence-electron chi connectivity index (χ4n) is 5.89. The van der Waals surface area contributed by atoms with Gasteiger partial charge >= 0.3 is 5.97 Å². The summed E-state index contributed by atoms with van der Waals surface area (Å²) in [4.78, 5) is 49.8. The van der Waals surface area contributed by atoms with Gasteiger partial charge in [0.05, 0.1) is 40.7 Å². The van der Waals surface area contributed by atoms with E-state index in [0.29, 0.717) is 0 Å². The van der Waals surface area contributed by atoms with Gasteiger partial charge in [0.25, 0.3) is 5.91 Å². The number of fused-ring (bicyclic) bond motifs is 3. The fraction of sp³-hybridized carbons (Fsp3) is 0.481. The van der Waals surface area contributed by atoms with Crippen molar-refractivity contribution >= 4 is 23.4 Å². The number of aliphatic carboxylic acids is 1. The average Bonchev–Trinajstić information content (AvgIpc) is 2.85. The predicted molar refractivity (Wildman–Crippen MR) is 141 cm³/mol. The van der Waals surface area contributed by atoms with Crippen molar-refractivity contribution in [1.29, 1.82) is 0 Å². The molecule has 41 heavy (non-hydrogen) atoms. The number of hydrogen-bond donors (Lipinski definition) is 9. The number of carboxylic acid groups (broad SMARTS) is 1. The van der Waals surface area contributed by atoms with E-state index >= 15 is 0 Å². The lowest BCUT2D eigenvalue weighted by Gasteiger charge is -2.55. The number of likely N-dealkylation sites (N-methyl/N-ethyl adjacent to an activating group) is 1. The molecule has 0 bridgehead atoms. The molecule has 224 valence electrons. The third kappa shape index (κ3) is 4.57. The van der Waals surface area contributed by atoms with Gasteiger partial charge < -0.3 is 47.2 Å². The second-order valence-electron chi connectivity index (χ2n) is 11.2. The van der Waals surface area contributed by atoms with Crippen LogP contribution in [0.2, 0.25) is 0 Å². The first kappa shape index (κ1) is 31.7. The molecule has 0 radical (unpaired) electrons. The van der Waals surface area contributed by atoms with Crippen LogP contribution in [0, 0.1) is 17.8 Å². The van der Waals surface area contributed by atoms with Crippen LogP contribution in [0.25, 0.3) is 0 Å². The Morgan fingerprint density at radius 1 is 1.07 bits per heavy atom. The molecular weight excluding hydrogens is 542 g/mol. The Balaban J connectivity index is 0.000000507. The molecule has 4 rings (SSSR count). The number of primary amides is 1. The van der Waals surface area contributed by atoms with E-state index in [1.807, 2.05) is 0 Å². The third-order valence-corrected chi connectivity index (χ3v) is 8.04. The van der Waals surface area contributed by atoms with Crippen LogP contribution in [0.5, 0.6) is 5.75 Å². The van der Waals surface area contributed by atoms with Crippen LogP contribution >= 0.6 is 0 Å². The number of carbonyl (C=O) groups is 4. The van der Waals surface area contributed by atoms with Gasteiger partial charge in [-0.1, -0.05) is 26.0 Å². The summed E-state index contributed by atoms with van der Waals surface area (Å²) in [6.07, 6.45) is -1.87. The van der Waals surface area contributed by atoms with Crippen LogP contribution in [-0.4, -0.2) is 102 Å². The number of nitrogens with two attached hydrogens (primary N) is 2.